The lowest BCUT2D eigenvalue weighted by Crippen LogP contribution is -2.87. The molecule has 6 rings (SSSR count). The first-order chi connectivity index (χ1) is 18.1. The largest absolute Gasteiger partial charge is 0.472 e. The van der Waals surface area contributed by atoms with Gasteiger partial charge in [-0.05, 0) is 19.1 Å². The summed E-state index contributed by atoms with van der Waals surface area (Å²) < 4.78 is 27.8. The molecule has 4 heterocycles. The Balaban J connectivity index is 1.48. The maximum absolute atomic E-state index is 13.5. The summed E-state index contributed by atoms with van der Waals surface area (Å²) in [6.07, 6.45) is -2.87. The van der Waals surface area contributed by atoms with E-state index < -0.39 is 77.5 Å². The summed E-state index contributed by atoms with van der Waals surface area (Å²) in [4.78, 5) is 64.7. The second kappa shape index (κ2) is 8.01. The number of fused-ring (bicyclic) bond motifs is 7. The maximum Gasteiger partial charge on any atom is 0.353 e. The number of rotatable bonds is 4. The van der Waals surface area contributed by atoms with Gasteiger partial charge < -0.3 is 28.5 Å². The number of benzene rings is 1. The molecule has 1 aliphatic carbocycles. The number of carbonyl (C=O) groups excluding carboxylic acids is 4. The summed E-state index contributed by atoms with van der Waals surface area (Å²) in [7, 11) is 1.17. The van der Waals surface area contributed by atoms with Crippen LogP contribution in [0, 0.1) is 5.41 Å². The first kappa shape index (κ1) is 24.4. The Morgan fingerprint density at radius 2 is 2.00 bits per heavy atom. The molecule has 7 atom stereocenters. The minimum Gasteiger partial charge on any atom is -0.472 e. The fourth-order valence-corrected chi connectivity index (χ4v) is 6.65. The molecule has 3 fully saturated rings. The lowest BCUT2D eigenvalue weighted by atomic mass is 9.45. The second-order valence-electron chi connectivity index (χ2n) is 10.0. The topological polar surface area (TPSA) is 171 Å². The number of aliphatic hydroxyl groups excluding tert-OH is 1. The van der Waals surface area contributed by atoms with Gasteiger partial charge in [0, 0.05) is 36.4 Å². The van der Waals surface area contributed by atoms with Crippen LogP contribution in [0.1, 0.15) is 31.7 Å². The third-order valence-corrected chi connectivity index (χ3v) is 8.06. The number of nitrogens with zero attached hydrogens (tertiary/aromatic N) is 1. The SMILES string of the molecule is COC(=O)[C@]12Oc3cc4oc(=O)ccc4cc3[C@H]1[C@@]1(C)C(=O)NC(=O)N([C@H]3C[C@H](OC(C)=O)[C@@H](CO)O3)[C@H]12. The standard InChI is InChI=1S/C25H24N2O11/c1-10(29)35-15-8-17(36-16(15)9-28)27-20-24(2,21(31)26-23(27)33)19-12-6-11-4-5-18(30)37-13(11)7-14(12)38-25(19,20)22(32)34-3/h4-7,15-17,19-20,28H,8-9H2,1-3H3,(H,26,31,33)/t15-,16+,17+,19-,20+,24+,25-/m0/s1. The third kappa shape index (κ3) is 2.96. The van der Waals surface area contributed by atoms with E-state index in [4.69, 9.17) is 23.4 Å². The van der Waals surface area contributed by atoms with Crippen LogP contribution in [0.25, 0.3) is 11.0 Å². The van der Waals surface area contributed by atoms with Crippen molar-refractivity contribution in [3.8, 4) is 5.75 Å². The monoisotopic (exact) mass is 528 g/mol. The fraction of sp³-hybridized carbons (Fsp3) is 0.480. The number of amides is 3. The van der Waals surface area contributed by atoms with Crippen molar-refractivity contribution in [2.75, 3.05) is 13.7 Å². The van der Waals surface area contributed by atoms with Crippen LogP contribution in [0.4, 0.5) is 4.79 Å². The number of hydrogen-bond donors (Lipinski definition) is 2. The van der Waals surface area contributed by atoms with Gasteiger partial charge >= 0.3 is 23.6 Å². The molecule has 2 aromatic rings. The molecule has 3 amide bonds. The van der Waals surface area contributed by atoms with Crippen LogP contribution in [-0.4, -0.2) is 77.7 Å². The molecule has 0 spiro atoms. The van der Waals surface area contributed by atoms with E-state index in [0.29, 0.717) is 10.9 Å². The molecule has 0 radical (unpaired) electrons. The lowest BCUT2D eigenvalue weighted by molar-refractivity contribution is -0.229. The predicted molar refractivity (Wildman–Crippen MR) is 124 cm³/mol. The number of esters is 2. The number of nitrogens with one attached hydrogen (secondary N) is 1. The van der Waals surface area contributed by atoms with Crippen LogP contribution in [0.2, 0.25) is 0 Å². The number of carbonyl (C=O) groups is 4. The summed E-state index contributed by atoms with van der Waals surface area (Å²) in [5.74, 6) is -2.68. The van der Waals surface area contributed by atoms with E-state index in [1.165, 1.54) is 31.1 Å². The van der Waals surface area contributed by atoms with E-state index in [2.05, 4.69) is 5.32 Å². The average Bonchev–Trinajstić information content (AvgIpc) is 3.40. The molecule has 2 N–H and O–H groups in total. The summed E-state index contributed by atoms with van der Waals surface area (Å²) >= 11 is 0. The van der Waals surface area contributed by atoms with Crippen molar-refractivity contribution < 1.29 is 47.6 Å². The Morgan fingerprint density at radius 3 is 2.68 bits per heavy atom. The van der Waals surface area contributed by atoms with E-state index >= 15 is 0 Å². The number of imide groups is 1. The van der Waals surface area contributed by atoms with Crippen LogP contribution < -0.4 is 15.7 Å². The highest BCUT2D eigenvalue weighted by atomic mass is 16.6. The quantitative estimate of drug-likeness (QED) is 0.409. The Bertz CT molecular complexity index is 1470. The number of aliphatic hydroxyl groups is 1. The molecule has 2 saturated heterocycles. The normalized spacial score (nSPS) is 34.9. The summed E-state index contributed by atoms with van der Waals surface area (Å²) in [5.41, 5.74) is -3.03. The van der Waals surface area contributed by atoms with Crippen molar-refractivity contribution in [1.82, 2.24) is 10.2 Å². The van der Waals surface area contributed by atoms with Gasteiger partial charge in [-0.1, -0.05) is 0 Å². The van der Waals surface area contributed by atoms with Crippen LogP contribution >= 0.6 is 0 Å². The molecular formula is C25H24N2O11. The molecule has 13 nitrogen and oxygen atoms in total. The van der Waals surface area contributed by atoms with Crippen molar-refractivity contribution in [3.63, 3.8) is 0 Å². The summed E-state index contributed by atoms with van der Waals surface area (Å²) in [6, 6.07) is 3.95. The zero-order valence-electron chi connectivity index (χ0n) is 20.6. The van der Waals surface area contributed by atoms with Gasteiger partial charge in [-0.15, -0.1) is 0 Å². The molecule has 4 aliphatic rings. The molecule has 0 bridgehead atoms. The molecule has 13 heteroatoms. The van der Waals surface area contributed by atoms with Gasteiger partial charge in [-0.25, -0.2) is 14.4 Å². The minimum absolute atomic E-state index is 0.0110. The van der Waals surface area contributed by atoms with Crippen molar-refractivity contribution >= 4 is 34.8 Å². The third-order valence-electron chi connectivity index (χ3n) is 8.06. The van der Waals surface area contributed by atoms with Crippen LogP contribution in [-0.2, 0) is 28.6 Å². The highest BCUT2D eigenvalue weighted by Gasteiger charge is 2.85. The van der Waals surface area contributed by atoms with Crippen molar-refractivity contribution in [2.24, 2.45) is 5.41 Å². The van der Waals surface area contributed by atoms with Gasteiger partial charge in [0.05, 0.1) is 25.0 Å². The molecule has 38 heavy (non-hydrogen) atoms. The molecule has 0 unspecified atom stereocenters. The fourth-order valence-electron chi connectivity index (χ4n) is 6.65. The Labute approximate surface area is 214 Å². The van der Waals surface area contributed by atoms with E-state index in [9.17, 15) is 29.1 Å². The lowest BCUT2D eigenvalue weighted by Gasteiger charge is -2.65. The summed E-state index contributed by atoms with van der Waals surface area (Å²) in [5, 5.41) is 12.7. The molecule has 1 aromatic heterocycles. The zero-order chi connectivity index (χ0) is 27.1. The van der Waals surface area contributed by atoms with Gasteiger partial charge in [0.15, 0.2) is 0 Å². The van der Waals surface area contributed by atoms with E-state index in [-0.39, 0.29) is 17.8 Å². The van der Waals surface area contributed by atoms with E-state index in [1.807, 2.05) is 0 Å². The first-order valence-electron chi connectivity index (χ1n) is 12.0. The smallest absolute Gasteiger partial charge is 0.353 e. The number of methoxy groups -OCH3 is 1. The van der Waals surface area contributed by atoms with Gasteiger partial charge in [0.2, 0.25) is 11.5 Å². The van der Waals surface area contributed by atoms with Crippen molar-refractivity contribution in [2.45, 2.75) is 56.3 Å². The van der Waals surface area contributed by atoms with Gasteiger partial charge in [0.25, 0.3) is 0 Å². The Morgan fingerprint density at radius 1 is 1.24 bits per heavy atom. The zero-order valence-corrected chi connectivity index (χ0v) is 20.6. The van der Waals surface area contributed by atoms with Gasteiger partial charge in [-0.2, -0.15) is 0 Å². The van der Waals surface area contributed by atoms with Crippen LogP contribution in [0.15, 0.2) is 33.5 Å². The van der Waals surface area contributed by atoms with Gasteiger partial charge in [0.1, 0.15) is 35.8 Å². The highest BCUT2D eigenvalue weighted by molar-refractivity contribution is 6.07. The Kier molecular flexibility index (Phi) is 5.14. The number of ether oxygens (including phenoxy) is 4. The number of urea groups is 1. The highest BCUT2D eigenvalue weighted by Crippen LogP contribution is 2.69. The molecular weight excluding hydrogens is 504 g/mol. The molecule has 200 valence electrons. The van der Waals surface area contributed by atoms with E-state index in [1.54, 1.807) is 19.1 Å². The van der Waals surface area contributed by atoms with Crippen LogP contribution in [0.5, 0.6) is 5.75 Å². The summed E-state index contributed by atoms with van der Waals surface area (Å²) in [6.45, 7) is 2.34. The predicted octanol–water partition coefficient (Wildman–Crippen LogP) is 0.160. The maximum atomic E-state index is 13.5. The minimum atomic E-state index is -1.82. The second-order valence-corrected chi connectivity index (χ2v) is 10.0. The van der Waals surface area contributed by atoms with Crippen molar-refractivity contribution in [1.29, 1.82) is 0 Å². The van der Waals surface area contributed by atoms with Crippen LogP contribution in [0.3, 0.4) is 0 Å². The van der Waals surface area contributed by atoms with Gasteiger partial charge in [-0.3, -0.25) is 19.8 Å². The molecule has 3 aliphatic heterocycles. The average molecular weight is 528 g/mol. The molecule has 1 aromatic carbocycles. The molecule has 1 saturated carbocycles. The first-order valence-corrected chi connectivity index (χ1v) is 12.0. The Hall–Kier alpha value is -3.97. The van der Waals surface area contributed by atoms with E-state index in [0.717, 1.165) is 0 Å². The number of hydrogen-bond acceptors (Lipinski definition) is 11. The van der Waals surface area contributed by atoms with Crippen molar-refractivity contribution in [3.05, 3.63) is 40.2 Å².